The fourth-order valence-electron chi connectivity index (χ4n) is 1.76. The van der Waals surface area contributed by atoms with Gasteiger partial charge in [0, 0.05) is 0 Å². The molecule has 0 saturated carbocycles. The molecule has 0 unspecified atom stereocenters. The summed E-state index contributed by atoms with van der Waals surface area (Å²) in [5, 5.41) is 0. The second-order valence-corrected chi connectivity index (χ2v) is 4.66. The average molecular weight is 324 g/mol. The molecule has 0 saturated heterocycles. The lowest BCUT2D eigenvalue weighted by Gasteiger charge is -2.29. The average Bonchev–Trinajstić information content (AvgIpc) is 2.61. The quantitative estimate of drug-likeness (QED) is 0.308. The molecule has 0 spiro atoms. The highest BCUT2D eigenvalue weighted by atomic mass is 16.6. The molecule has 0 aliphatic rings. The van der Waals surface area contributed by atoms with Crippen molar-refractivity contribution in [2.75, 3.05) is 26.4 Å². The van der Waals surface area contributed by atoms with Crippen LogP contribution >= 0.6 is 0 Å². The summed E-state index contributed by atoms with van der Waals surface area (Å²) < 4.78 is 19.2. The zero-order valence-corrected chi connectivity index (χ0v) is 12.2. The molecule has 0 N–H and O–H groups in total. The van der Waals surface area contributed by atoms with Crippen molar-refractivity contribution >= 4 is 25.4 Å². The number of hydrogen-bond acceptors (Lipinski definition) is 8. The highest BCUT2D eigenvalue weighted by molar-refractivity contribution is 5.89. The summed E-state index contributed by atoms with van der Waals surface area (Å²) in [6, 6.07) is 8.22. The summed E-state index contributed by atoms with van der Waals surface area (Å²) in [5.74, 6) is -0.613. The van der Waals surface area contributed by atoms with Crippen molar-refractivity contribution in [1.82, 2.24) is 0 Å². The minimum Gasteiger partial charge on any atom is -0.467 e. The van der Waals surface area contributed by atoms with E-state index in [0.29, 0.717) is 5.56 Å². The Bertz CT molecular complexity index is 482. The van der Waals surface area contributed by atoms with Crippen LogP contribution in [0.25, 0.3) is 0 Å². The van der Waals surface area contributed by atoms with Gasteiger partial charge in [0.2, 0.25) is 0 Å². The molecule has 0 amide bonds. The van der Waals surface area contributed by atoms with Crippen LogP contribution in [0.3, 0.4) is 0 Å². The molecule has 0 fully saturated rings. The Balaban J connectivity index is 2.79. The van der Waals surface area contributed by atoms with Gasteiger partial charge in [-0.15, -0.1) is 0 Å². The maximum atomic E-state index is 12.0. The molecule has 0 heterocycles. The van der Waals surface area contributed by atoms with E-state index in [1.165, 1.54) is 0 Å². The Labute approximate surface area is 132 Å². The van der Waals surface area contributed by atoms with Crippen molar-refractivity contribution in [3.63, 3.8) is 0 Å². The van der Waals surface area contributed by atoms with E-state index < -0.39 is 11.4 Å². The number of ether oxygens (including phenoxy) is 4. The number of hydrogen-bond donors (Lipinski definition) is 0. The van der Waals surface area contributed by atoms with Gasteiger partial charge in [-0.3, -0.25) is 14.4 Å². The lowest BCUT2D eigenvalue weighted by molar-refractivity contribution is -0.149. The van der Waals surface area contributed by atoms with Crippen LogP contribution in [0.2, 0.25) is 0 Å². The monoisotopic (exact) mass is 324 g/mol. The summed E-state index contributed by atoms with van der Waals surface area (Å²) in [7, 11) is 0. The Morgan fingerprint density at radius 3 is 1.74 bits per heavy atom. The molecule has 0 aromatic heterocycles. The van der Waals surface area contributed by atoms with Crippen molar-refractivity contribution in [1.29, 1.82) is 0 Å². The van der Waals surface area contributed by atoms with Gasteiger partial charge in [0.25, 0.3) is 19.4 Å². The second kappa shape index (κ2) is 9.93. The van der Waals surface area contributed by atoms with E-state index in [2.05, 4.69) is 14.2 Å². The lowest BCUT2D eigenvalue weighted by atomic mass is 9.92. The Kier molecular flexibility index (Phi) is 7.84. The molecule has 8 nitrogen and oxygen atoms in total. The zero-order valence-electron chi connectivity index (χ0n) is 12.2. The van der Waals surface area contributed by atoms with Gasteiger partial charge in [-0.1, -0.05) is 18.2 Å². The van der Waals surface area contributed by atoms with Crippen molar-refractivity contribution < 1.29 is 38.1 Å². The van der Waals surface area contributed by atoms with Crippen molar-refractivity contribution in [2.45, 2.75) is 0 Å². The van der Waals surface area contributed by atoms with Crippen LogP contribution in [0.1, 0.15) is 10.4 Å². The van der Waals surface area contributed by atoms with Gasteiger partial charge in [0.15, 0.2) is 0 Å². The number of carbonyl (C=O) groups excluding carboxylic acids is 4. The molecule has 23 heavy (non-hydrogen) atoms. The molecule has 1 rings (SSSR count). The second-order valence-electron chi connectivity index (χ2n) is 4.66. The van der Waals surface area contributed by atoms with E-state index in [-0.39, 0.29) is 45.8 Å². The fourth-order valence-corrected chi connectivity index (χ4v) is 1.76. The van der Waals surface area contributed by atoms with E-state index in [4.69, 9.17) is 4.74 Å². The van der Waals surface area contributed by atoms with Crippen LogP contribution in [0.4, 0.5) is 0 Å². The van der Waals surface area contributed by atoms with Crippen LogP contribution in [0, 0.1) is 5.41 Å². The first-order valence-corrected chi connectivity index (χ1v) is 6.55. The highest BCUT2D eigenvalue weighted by Crippen LogP contribution is 2.20. The van der Waals surface area contributed by atoms with Gasteiger partial charge < -0.3 is 18.9 Å². The number of benzene rings is 1. The van der Waals surface area contributed by atoms with Gasteiger partial charge >= 0.3 is 5.97 Å². The van der Waals surface area contributed by atoms with E-state index in [1.54, 1.807) is 30.3 Å². The highest BCUT2D eigenvalue weighted by Gasteiger charge is 2.36. The van der Waals surface area contributed by atoms with E-state index in [1.807, 2.05) is 0 Å². The van der Waals surface area contributed by atoms with Crippen molar-refractivity contribution in [3.8, 4) is 0 Å². The molecular formula is C15H16O8. The molecule has 0 bridgehead atoms. The predicted octanol–water partition coefficient (Wildman–Crippen LogP) is 0.349. The van der Waals surface area contributed by atoms with E-state index >= 15 is 0 Å². The lowest BCUT2D eigenvalue weighted by Crippen LogP contribution is -2.42. The van der Waals surface area contributed by atoms with Gasteiger partial charge in [0.05, 0.1) is 5.56 Å². The van der Waals surface area contributed by atoms with Gasteiger partial charge in [-0.25, -0.2) is 4.79 Å². The smallest absolute Gasteiger partial charge is 0.338 e. The topological polar surface area (TPSA) is 105 Å². The predicted molar refractivity (Wildman–Crippen MR) is 75.2 cm³/mol. The normalized spacial score (nSPS) is 10.3. The minimum absolute atomic E-state index is 0.190. The zero-order chi connectivity index (χ0) is 17.0. The van der Waals surface area contributed by atoms with Crippen LogP contribution in [0.15, 0.2) is 30.3 Å². The molecule has 0 atom stereocenters. The number of esters is 1. The summed E-state index contributed by atoms with van der Waals surface area (Å²) in [6.45, 7) is -0.502. The molecule has 0 aliphatic carbocycles. The van der Waals surface area contributed by atoms with Crippen LogP contribution in [-0.2, 0) is 33.3 Å². The number of rotatable bonds is 12. The third-order valence-electron chi connectivity index (χ3n) is 2.89. The third kappa shape index (κ3) is 6.16. The van der Waals surface area contributed by atoms with Crippen LogP contribution in [0.5, 0.6) is 0 Å². The molecule has 1 aromatic carbocycles. The molecular weight excluding hydrogens is 308 g/mol. The third-order valence-corrected chi connectivity index (χ3v) is 2.89. The van der Waals surface area contributed by atoms with Gasteiger partial charge in [-0.2, -0.15) is 0 Å². The SMILES string of the molecule is O=COCC(COC=O)(COC=O)COC(=O)c1ccccc1. The first kappa shape index (κ1) is 18.1. The van der Waals surface area contributed by atoms with Gasteiger partial charge in [0.1, 0.15) is 31.8 Å². The van der Waals surface area contributed by atoms with Crippen molar-refractivity contribution in [3.05, 3.63) is 35.9 Å². The van der Waals surface area contributed by atoms with E-state index in [9.17, 15) is 19.2 Å². The van der Waals surface area contributed by atoms with E-state index in [0.717, 1.165) is 0 Å². The molecule has 124 valence electrons. The van der Waals surface area contributed by atoms with Crippen molar-refractivity contribution in [2.24, 2.45) is 5.41 Å². The Morgan fingerprint density at radius 1 is 0.826 bits per heavy atom. The largest absolute Gasteiger partial charge is 0.467 e. The molecule has 0 radical (unpaired) electrons. The van der Waals surface area contributed by atoms with Gasteiger partial charge in [-0.05, 0) is 12.1 Å². The number of carbonyl (C=O) groups is 4. The molecule has 0 aliphatic heterocycles. The minimum atomic E-state index is -1.19. The summed E-state index contributed by atoms with van der Waals surface area (Å²) in [6.07, 6.45) is 0. The molecule has 8 heteroatoms. The fraction of sp³-hybridized carbons (Fsp3) is 0.333. The summed E-state index contributed by atoms with van der Waals surface area (Å²) >= 11 is 0. The Morgan fingerprint density at radius 2 is 1.30 bits per heavy atom. The summed E-state index contributed by atoms with van der Waals surface area (Å²) in [4.78, 5) is 43.2. The Hall–Kier alpha value is -2.90. The maximum absolute atomic E-state index is 12.0. The first-order chi connectivity index (χ1) is 11.2. The first-order valence-electron chi connectivity index (χ1n) is 6.55. The van der Waals surface area contributed by atoms with Crippen LogP contribution < -0.4 is 0 Å². The van der Waals surface area contributed by atoms with Crippen LogP contribution in [-0.4, -0.2) is 51.8 Å². The standard InChI is InChI=1S/C15H16O8/c16-10-20-6-15(7-21-11-17,8-22-12-18)9-23-14(19)13-4-2-1-3-5-13/h1-5,10-12H,6-9H2. The molecule has 1 aromatic rings. The maximum Gasteiger partial charge on any atom is 0.338 e. The summed E-state index contributed by atoms with van der Waals surface area (Å²) in [5.41, 5.74) is -0.863.